The Labute approximate surface area is 109 Å². The van der Waals surface area contributed by atoms with Gasteiger partial charge in [0.1, 0.15) is 0 Å². The fraction of sp³-hybridized carbons (Fsp3) is 0.867. The van der Waals surface area contributed by atoms with E-state index in [-0.39, 0.29) is 0 Å². The first-order valence-corrected chi connectivity index (χ1v) is 10.1. The molecule has 0 amide bonds. The molecule has 0 spiro atoms. The van der Waals surface area contributed by atoms with Crippen molar-refractivity contribution in [1.29, 1.82) is 0 Å². The van der Waals surface area contributed by atoms with Crippen LogP contribution in [-0.4, -0.2) is 14.4 Å². The Balaban J connectivity index is 2.58. The van der Waals surface area contributed by atoms with Gasteiger partial charge in [0.25, 0.3) is 0 Å². The van der Waals surface area contributed by atoms with Gasteiger partial charge in [-0.1, -0.05) is 45.8 Å². The number of hydrogen-bond acceptors (Lipinski definition) is 1. The van der Waals surface area contributed by atoms with Crippen LogP contribution >= 0.6 is 0 Å². The molecule has 2 heteroatoms. The lowest BCUT2D eigenvalue weighted by Gasteiger charge is -2.39. The average Bonchev–Trinajstić information content (AvgIpc) is 2.29. The third-order valence-corrected chi connectivity index (χ3v) is 8.76. The van der Waals surface area contributed by atoms with E-state index in [1.807, 2.05) is 0 Å². The Hall–Kier alpha value is -0.0831. The maximum Gasteiger partial charge on any atom is 0.192 e. The summed E-state index contributed by atoms with van der Waals surface area (Å²) in [6, 6.07) is 0. The summed E-state index contributed by atoms with van der Waals surface area (Å²) in [5.41, 5.74) is 0. The maximum atomic E-state index is 6.52. The molecule has 17 heavy (non-hydrogen) atoms. The van der Waals surface area contributed by atoms with E-state index in [1.165, 1.54) is 32.1 Å². The average molecular weight is 254 g/mol. The Bertz CT molecular complexity index is 250. The van der Waals surface area contributed by atoms with E-state index in [0.29, 0.717) is 11.1 Å². The molecule has 1 rings (SSSR count). The van der Waals surface area contributed by atoms with Crippen LogP contribution in [0.4, 0.5) is 0 Å². The van der Waals surface area contributed by atoms with Crippen LogP contribution in [0, 0.1) is 0 Å². The lowest BCUT2D eigenvalue weighted by atomic mass is 10.1. The molecule has 0 aromatic carbocycles. The van der Waals surface area contributed by atoms with Crippen LogP contribution < -0.4 is 0 Å². The summed E-state index contributed by atoms with van der Waals surface area (Å²) in [7, 11) is -1.58. The normalized spacial score (nSPS) is 23.9. The van der Waals surface area contributed by atoms with E-state index in [4.69, 9.17) is 4.43 Å². The van der Waals surface area contributed by atoms with E-state index < -0.39 is 8.32 Å². The molecule has 0 N–H and O–H groups in total. The van der Waals surface area contributed by atoms with Gasteiger partial charge in [0.05, 0.1) is 0 Å². The Morgan fingerprint density at radius 3 is 2.41 bits per heavy atom. The molecule has 0 radical (unpaired) electrons. The van der Waals surface area contributed by atoms with Gasteiger partial charge in [-0.05, 0) is 43.8 Å². The predicted molar refractivity (Wildman–Crippen MR) is 78.9 cm³/mol. The van der Waals surface area contributed by atoms with E-state index in [1.54, 1.807) is 0 Å². The van der Waals surface area contributed by atoms with Crippen molar-refractivity contribution < 1.29 is 4.43 Å². The summed E-state index contributed by atoms with van der Waals surface area (Å²) in [6.45, 7) is 11.7. The third-order valence-electron chi connectivity index (χ3n) is 4.23. The standard InChI is InChI=1S/C15H30OSi/c1-15(2,3)17(4,5)16-14-12-10-8-6-7-9-11-13-14/h8,10,14H,6-7,9,11-13H2,1-5H3. The first-order chi connectivity index (χ1) is 7.83. The minimum Gasteiger partial charge on any atom is -0.414 e. The van der Waals surface area contributed by atoms with Crippen molar-refractivity contribution in [2.75, 3.05) is 0 Å². The van der Waals surface area contributed by atoms with Gasteiger partial charge in [-0.25, -0.2) is 0 Å². The van der Waals surface area contributed by atoms with E-state index in [2.05, 4.69) is 46.0 Å². The summed E-state index contributed by atoms with van der Waals surface area (Å²) in [6.07, 6.45) is 12.8. The summed E-state index contributed by atoms with van der Waals surface area (Å²) >= 11 is 0. The highest BCUT2D eigenvalue weighted by molar-refractivity contribution is 6.74. The molecule has 0 saturated carbocycles. The van der Waals surface area contributed by atoms with Gasteiger partial charge < -0.3 is 4.43 Å². The zero-order valence-corrected chi connectivity index (χ0v) is 13.4. The first-order valence-electron chi connectivity index (χ1n) is 7.16. The smallest absolute Gasteiger partial charge is 0.192 e. The fourth-order valence-electron chi connectivity index (χ4n) is 2.00. The number of allylic oxidation sites excluding steroid dienone is 1. The predicted octanol–water partition coefficient (Wildman–Crippen LogP) is 5.29. The van der Waals surface area contributed by atoms with Crippen LogP contribution in [0.5, 0.6) is 0 Å². The molecule has 1 nitrogen and oxygen atoms in total. The highest BCUT2D eigenvalue weighted by atomic mass is 28.4. The van der Waals surface area contributed by atoms with Crippen LogP contribution in [0.25, 0.3) is 0 Å². The first kappa shape index (κ1) is 15.0. The van der Waals surface area contributed by atoms with Gasteiger partial charge in [-0.3, -0.25) is 0 Å². The summed E-state index contributed by atoms with van der Waals surface area (Å²) < 4.78 is 6.52. The molecule has 0 saturated heterocycles. The fourth-order valence-corrected chi connectivity index (χ4v) is 3.40. The lowest BCUT2D eigenvalue weighted by molar-refractivity contribution is 0.170. The van der Waals surface area contributed by atoms with Gasteiger partial charge in [-0.2, -0.15) is 0 Å². The van der Waals surface area contributed by atoms with Crippen molar-refractivity contribution in [3.05, 3.63) is 12.2 Å². The van der Waals surface area contributed by atoms with Crippen LogP contribution in [0.3, 0.4) is 0 Å². The highest BCUT2D eigenvalue weighted by Crippen LogP contribution is 2.38. The Kier molecular flexibility index (Phi) is 5.45. The highest BCUT2D eigenvalue weighted by Gasteiger charge is 2.38. The van der Waals surface area contributed by atoms with Crippen molar-refractivity contribution in [2.24, 2.45) is 0 Å². The molecule has 0 heterocycles. The molecule has 0 bridgehead atoms. The van der Waals surface area contributed by atoms with Gasteiger partial charge in [0, 0.05) is 6.10 Å². The van der Waals surface area contributed by atoms with Gasteiger partial charge >= 0.3 is 0 Å². The molecule has 1 aliphatic rings. The second-order valence-electron chi connectivity index (χ2n) is 6.85. The minimum atomic E-state index is -1.58. The molecule has 0 aromatic rings. The quantitative estimate of drug-likeness (QED) is 0.481. The van der Waals surface area contributed by atoms with Crippen molar-refractivity contribution >= 4 is 8.32 Å². The molecule has 0 aromatic heterocycles. The zero-order valence-electron chi connectivity index (χ0n) is 12.4. The van der Waals surface area contributed by atoms with Gasteiger partial charge in [0.15, 0.2) is 8.32 Å². The van der Waals surface area contributed by atoms with Crippen molar-refractivity contribution in [3.8, 4) is 0 Å². The summed E-state index contributed by atoms with van der Waals surface area (Å²) in [4.78, 5) is 0. The van der Waals surface area contributed by atoms with E-state index in [9.17, 15) is 0 Å². The molecule has 1 atom stereocenters. The molecule has 1 unspecified atom stereocenters. The second kappa shape index (κ2) is 6.19. The molecular formula is C15H30OSi. The van der Waals surface area contributed by atoms with Crippen molar-refractivity contribution in [3.63, 3.8) is 0 Å². The van der Waals surface area contributed by atoms with Crippen LogP contribution in [0.2, 0.25) is 18.1 Å². The second-order valence-corrected chi connectivity index (χ2v) is 11.6. The van der Waals surface area contributed by atoms with Crippen LogP contribution in [0.1, 0.15) is 59.3 Å². The number of hydrogen-bond donors (Lipinski definition) is 0. The minimum absolute atomic E-state index is 0.329. The zero-order chi connectivity index (χ0) is 12.9. The van der Waals surface area contributed by atoms with E-state index >= 15 is 0 Å². The molecule has 0 fully saturated rings. The Morgan fingerprint density at radius 1 is 1.06 bits per heavy atom. The van der Waals surface area contributed by atoms with Crippen LogP contribution in [0.15, 0.2) is 12.2 Å². The molecule has 1 aliphatic carbocycles. The molecule has 0 aliphatic heterocycles. The Morgan fingerprint density at radius 2 is 1.76 bits per heavy atom. The monoisotopic (exact) mass is 254 g/mol. The third kappa shape index (κ3) is 4.97. The summed E-state index contributed by atoms with van der Waals surface area (Å²) in [5, 5.41) is 0.329. The van der Waals surface area contributed by atoms with Crippen molar-refractivity contribution in [2.45, 2.75) is 83.5 Å². The van der Waals surface area contributed by atoms with Crippen molar-refractivity contribution in [1.82, 2.24) is 0 Å². The topological polar surface area (TPSA) is 9.23 Å². The molecular weight excluding hydrogens is 224 g/mol. The largest absolute Gasteiger partial charge is 0.414 e. The van der Waals surface area contributed by atoms with E-state index in [0.717, 1.165) is 6.42 Å². The summed E-state index contributed by atoms with van der Waals surface area (Å²) in [5.74, 6) is 0. The maximum absolute atomic E-state index is 6.52. The van der Waals surface area contributed by atoms with Gasteiger partial charge in [-0.15, -0.1) is 0 Å². The molecule has 100 valence electrons. The van der Waals surface area contributed by atoms with Crippen LogP contribution in [-0.2, 0) is 4.43 Å². The lowest BCUT2D eigenvalue weighted by Crippen LogP contribution is -2.43. The SMILES string of the molecule is CC(C)(C)[Si](C)(C)OC1CC=CCCCCC1. The number of rotatable bonds is 2. The van der Waals surface area contributed by atoms with Gasteiger partial charge in [0.2, 0.25) is 0 Å².